The van der Waals surface area contributed by atoms with Gasteiger partial charge in [-0.2, -0.15) is 0 Å². The van der Waals surface area contributed by atoms with Crippen molar-refractivity contribution >= 4 is 17.7 Å². The zero-order chi connectivity index (χ0) is 13.7. The van der Waals surface area contributed by atoms with E-state index in [0.717, 1.165) is 18.6 Å². The SMILES string of the molecule is Cc1ccc(SCCC(=O)NCC2CC(O)C2)cc1. The Hall–Kier alpha value is -1.00. The lowest BCUT2D eigenvalue weighted by Gasteiger charge is -2.31. The molecule has 0 heterocycles. The highest BCUT2D eigenvalue weighted by atomic mass is 32.2. The summed E-state index contributed by atoms with van der Waals surface area (Å²) in [4.78, 5) is 12.8. The maximum absolute atomic E-state index is 11.6. The van der Waals surface area contributed by atoms with Gasteiger partial charge in [0.2, 0.25) is 5.91 Å². The second-order valence-corrected chi connectivity index (χ2v) is 6.38. The minimum absolute atomic E-state index is 0.112. The second-order valence-electron chi connectivity index (χ2n) is 5.21. The van der Waals surface area contributed by atoms with Crippen LogP contribution in [0.1, 0.15) is 24.8 Å². The van der Waals surface area contributed by atoms with E-state index in [4.69, 9.17) is 5.11 Å². The highest BCUT2D eigenvalue weighted by Crippen LogP contribution is 2.26. The maximum atomic E-state index is 11.6. The van der Waals surface area contributed by atoms with Gasteiger partial charge >= 0.3 is 0 Å². The number of aryl methyl sites for hydroxylation is 1. The van der Waals surface area contributed by atoms with Crippen molar-refractivity contribution in [1.29, 1.82) is 0 Å². The number of thioether (sulfide) groups is 1. The van der Waals surface area contributed by atoms with Crippen LogP contribution >= 0.6 is 11.8 Å². The van der Waals surface area contributed by atoms with Gasteiger partial charge in [-0.1, -0.05) is 17.7 Å². The Bertz CT molecular complexity index is 413. The number of nitrogens with one attached hydrogen (secondary N) is 1. The van der Waals surface area contributed by atoms with Crippen molar-refractivity contribution in [2.45, 2.75) is 37.2 Å². The van der Waals surface area contributed by atoms with Gasteiger partial charge in [-0.05, 0) is 37.8 Å². The van der Waals surface area contributed by atoms with E-state index >= 15 is 0 Å². The lowest BCUT2D eigenvalue weighted by Crippen LogP contribution is -2.38. The summed E-state index contributed by atoms with van der Waals surface area (Å²) in [6.07, 6.45) is 2.07. The lowest BCUT2D eigenvalue weighted by atomic mass is 9.82. The Morgan fingerprint density at radius 1 is 1.37 bits per heavy atom. The van der Waals surface area contributed by atoms with Crippen LogP contribution in [0.4, 0.5) is 0 Å². The Labute approximate surface area is 118 Å². The normalized spacial score (nSPS) is 21.8. The molecule has 1 amide bonds. The number of hydrogen-bond acceptors (Lipinski definition) is 3. The predicted molar refractivity (Wildman–Crippen MR) is 78.3 cm³/mol. The number of carbonyl (C=O) groups excluding carboxylic acids is 1. The molecule has 19 heavy (non-hydrogen) atoms. The van der Waals surface area contributed by atoms with Gasteiger partial charge in [-0.25, -0.2) is 0 Å². The summed E-state index contributed by atoms with van der Waals surface area (Å²) in [5.74, 6) is 1.40. The predicted octanol–water partition coefficient (Wildman–Crippen LogP) is 2.36. The summed E-state index contributed by atoms with van der Waals surface area (Å²) in [7, 11) is 0. The number of aliphatic hydroxyl groups is 1. The molecule has 0 saturated heterocycles. The molecule has 104 valence electrons. The molecule has 4 heteroatoms. The first-order valence-electron chi connectivity index (χ1n) is 6.77. The molecule has 2 rings (SSSR count). The third kappa shape index (κ3) is 4.88. The quantitative estimate of drug-likeness (QED) is 0.786. The number of benzene rings is 1. The maximum Gasteiger partial charge on any atom is 0.220 e. The molecule has 1 aliphatic carbocycles. The molecule has 0 spiro atoms. The summed E-state index contributed by atoms with van der Waals surface area (Å²) in [5, 5.41) is 12.1. The highest BCUT2D eigenvalue weighted by Gasteiger charge is 2.26. The molecule has 1 aliphatic rings. The Morgan fingerprint density at radius 2 is 2.05 bits per heavy atom. The first-order chi connectivity index (χ1) is 9.13. The van der Waals surface area contributed by atoms with Gasteiger partial charge in [0.1, 0.15) is 0 Å². The van der Waals surface area contributed by atoms with Crippen LogP contribution in [0.3, 0.4) is 0 Å². The topological polar surface area (TPSA) is 49.3 Å². The third-order valence-electron chi connectivity index (χ3n) is 3.42. The molecule has 0 bridgehead atoms. The number of rotatable bonds is 6. The fraction of sp³-hybridized carbons (Fsp3) is 0.533. The highest BCUT2D eigenvalue weighted by molar-refractivity contribution is 7.99. The second kappa shape index (κ2) is 6.96. The van der Waals surface area contributed by atoms with Crippen molar-refractivity contribution in [2.24, 2.45) is 5.92 Å². The third-order valence-corrected chi connectivity index (χ3v) is 4.43. The minimum atomic E-state index is -0.140. The molecule has 0 atom stereocenters. The standard InChI is InChI=1S/C15H21NO2S/c1-11-2-4-14(5-3-11)19-7-6-15(18)16-10-12-8-13(17)9-12/h2-5,12-13,17H,6-10H2,1H3,(H,16,18). The smallest absolute Gasteiger partial charge is 0.220 e. The van der Waals surface area contributed by atoms with E-state index in [9.17, 15) is 4.79 Å². The van der Waals surface area contributed by atoms with Gasteiger partial charge in [0.05, 0.1) is 6.10 Å². The molecular weight excluding hydrogens is 258 g/mol. The van der Waals surface area contributed by atoms with E-state index < -0.39 is 0 Å². The molecule has 2 N–H and O–H groups in total. The van der Waals surface area contributed by atoms with Crippen LogP contribution in [0.25, 0.3) is 0 Å². The molecule has 1 fully saturated rings. The van der Waals surface area contributed by atoms with Crippen molar-refractivity contribution in [2.75, 3.05) is 12.3 Å². The van der Waals surface area contributed by atoms with Crippen LogP contribution in [0, 0.1) is 12.8 Å². The number of amides is 1. The summed E-state index contributed by atoms with van der Waals surface area (Å²) < 4.78 is 0. The van der Waals surface area contributed by atoms with E-state index in [1.54, 1.807) is 11.8 Å². The van der Waals surface area contributed by atoms with Gasteiger partial charge < -0.3 is 10.4 Å². The van der Waals surface area contributed by atoms with Gasteiger partial charge in [0, 0.05) is 23.6 Å². The number of aliphatic hydroxyl groups excluding tert-OH is 1. The van der Waals surface area contributed by atoms with Gasteiger partial charge in [-0.3, -0.25) is 4.79 Å². The Kier molecular flexibility index (Phi) is 5.28. The molecular formula is C15H21NO2S. The van der Waals surface area contributed by atoms with Crippen LogP contribution < -0.4 is 5.32 Å². The van der Waals surface area contributed by atoms with Gasteiger partial charge in [-0.15, -0.1) is 11.8 Å². The number of hydrogen-bond donors (Lipinski definition) is 2. The van der Waals surface area contributed by atoms with E-state index in [-0.39, 0.29) is 12.0 Å². The fourth-order valence-corrected chi connectivity index (χ4v) is 2.96. The van der Waals surface area contributed by atoms with Crippen molar-refractivity contribution in [3.63, 3.8) is 0 Å². The van der Waals surface area contributed by atoms with E-state index in [1.807, 2.05) is 0 Å². The largest absolute Gasteiger partial charge is 0.393 e. The molecule has 0 unspecified atom stereocenters. The molecule has 3 nitrogen and oxygen atoms in total. The molecule has 1 aromatic carbocycles. The zero-order valence-corrected chi connectivity index (χ0v) is 12.1. The lowest BCUT2D eigenvalue weighted by molar-refractivity contribution is -0.121. The summed E-state index contributed by atoms with van der Waals surface area (Å²) in [5.41, 5.74) is 1.25. The zero-order valence-electron chi connectivity index (χ0n) is 11.3. The van der Waals surface area contributed by atoms with E-state index in [0.29, 0.717) is 18.9 Å². The first kappa shape index (κ1) is 14.4. The molecule has 0 radical (unpaired) electrons. The Balaban J connectivity index is 1.57. The van der Waals surface area contributed by atoms with Crippen LogP contribution in [0.2, 0.25) is 0 Å². The van der Waals surface area contributed by atoms with Crippen molar-refractivity contribution in [3.8, 4) is 0 Å². The summed E-state index contributed by atoms with van der Waals surface area (Å²) >= 11 is 1.71. The van der Waals surface area contributed by atoms with Crippen molar-refractivity contribution in [3.05, 3.63) is 29.8 Å². The van der Waals surface area contributed by atoms with Crippen LogP contribution in [0.5, 0.6) is 0 Å². The average molecular weight is 279 g/mol. The summed E-state index contributed by atoms with van der Waals surface area (Å²) in [6, 6.07) is 8.36. The monoisotopic (exact) mass is 279 g/mol. The summed E-state index contributed by atoms with van der Waals surface area (Å²) in [6.45, 7) is 2.78. The Morgan fingerprint density at radius 3 is 2.68 bits per heavy atom. The molecule has 0 aliphatic heterocycles. The van der Waals surface area contributed by atoms with Crippen LogP contribution in [-0.4, -0.2) is 29.4 Å². The van der Waals surface area contributed by atoms with Crippen molar-refractivity contribution < 1.29 is 9.90 Å². The first-order valence-corrected chi connectivity index (χ1v) is 7.76. The molecule has 1 aromatic rings. The van der Waals surface area contributed by atoms with Gasteiger partial charge in [0.25, 0.3) is 0 Å². The van der Waals surface area contributed by atoms with E-state index in [1.165, 1.54) is 10.5 Å². The molecule has 0 aromatic heterocycles. The van der Waals surface area contributed by atoms with Gasteiger partial charge in [0.15, 0.2) is 0 Å². The fourth-order valence-electron chi connectivity index (χ4n) is 2.11. The van der Waals surface area contributed by atoms with Crippen molar-refractivity contribution in [1.82, 2.24) is 5.32 Å². The minimum Gasteiger partial charge on any atom is -0.393 e. The van der Waals surface area contributed by atoms with Crippen LogP contribution in [0.15, 0.2) is 29.2 Å². The average Bonchev–Trinajstić information content (AvgIpc) is 2.36. The van der Waals surface area contributed by atoms with E-state index in [2.05, 4.69) is 36.5 Å². The number of carbonyl (C=O) groups is 1. The van der Waals surface area contributed by atoms with Crippen LogP contribution in [-0.2, 0) is 4.79 Å². The molecule has 1 saturated carbocycles.